The van der Waals surface area contributed by atoms with Crippen LogP contribution in [0, 0.1) is 6.92 Å². The zero-order chi connectivity index (χ0) is 22.4. The second kappa shape index (κ2) is 8.05. The van der Waals surface area contributed by atoms with Crippen LogP contribution in [0.1, 0.15) is 16.7 Å². The molecule has 6 heteroatoms. The van der Waals surface area contributed by atoms with Gasteiger partial charge in [0.25, 0.3) is 0 Å². The van der Waals surface area contributed by atoms with Crippen LogP contribution < -0.4 is 4.90 Å². The van der Waals surface area contributed by atoms with Crippen molar-refractivity contribution in [2.24, 2.45) is 0 Å². The first-order valence-electron chi connectivity index (χ1n) is 11.1. The molecule has 0 radical (unpaired) electrons. The molecule has 162 valence electrons. The van der Waals surface area contributed by atoms with Crippen molar-refractivity contribution in [1.82, 2.24) is 14.6 Å². The van der Waals surface area contributed by atoms with Gasteiger partial charge in [-0.1, -0.05) is 66.4 Å². The third-order valence-corrected chi connectivity index (χ3v) is 7.15. The van der Waals surface area contributed by atoms with Gasteiger partial charge in [-0.15, -0.1) is 10.2 Å². The molecule has 33 heavy (non-hydrogen) atoms. The van der Waals surface area contributed by atoms with E-state index in [1.54, 1.807) is 0 Å². The standard InChI is InChI=1S/C27H22N4OS/c1-18-16-21-10-4-7-13-24(21)31-26(18)28-29-27(31)33-17-25(32)30-22-11-5-2-8-19(22)14-15-20-9-3-6-12-23(20)30/h2-13,16H,14-15,17H2,1H3. The molecule has 1 amide bonds. The summed E-state index contributed by atoms with van der Waals surface area (Å²) in [4.78, 5) is 15.6. The van der Waals surface area contributed by atoms with Crippen LogP contribution in [0.4, 0.5) is 11.4 Å². The largest absolute Gasteiger partial charge is 0.280 e. The number of para-hydroxylation sites is 3. The number of hydrogen-bond donors (Lipinski definition) is 0. The second-order valence-electron chi connectivity index (χ2n) is 8.30. The fraction of sp³-hybridized carbons (Fsp3) is 0.148. The van der Waals surface area contributed by atoms with Crippen LogP contribution in [0.2, 0.25) is 0 Å². The summed E-state index contributed by atoms with van der Waals surface area (Å²) in [5.74, 6) is 0.307. The van der Waals surface area contributed by atoms with Gasteiger partial charge in [-0.3, -0.25) is 14.1 Å². The Morgan fingerprint density at radius 2 is 1.52 bits per heavy atom. The summed E-state index contributed by atoms with van der Waals surface area (Å²) in [5.41, 5.74) is 7.27. The van der Waals surface area contributed by atoms with Gasteiger partial charge in [0.15, 0.2) is 10.8 Å². The van der Waals surface area contributed by atoms with Gasteiger partial charge >= 0.3 is 0 Å². The minimum atomic E-state index is 0.0375. The van der Waals surface area contributed by atoms with E-state index in [4.69, 9.17) is 0 Å². The highest BCUT2D eigenvalue weighted by Crippen LogP contribution is 2.37. The maximum Gasteiger partial charge on any atom is 0.242 e. The van der Waals surface area contributed by atoms with Crippen LogP contribution in [0.5, 0.6) is 0 Å². The van der Waals surface area contributed by atoms with Crippen molar-refractivity contribution in [2.45, 2.75) is 24.9 Å². The Morgan fingerprint density at radius 1 is 0.879 bits per heavy atom. The molecule has 1 aliphatic rings. The molecule has 0 atom stereocenters. The lowest BCUT2D eigenvalue weighted by atomic mass is 10.0. The number of nitrogens with zero attached hydrogens (tertiary/aromatic N) is 4. The zero-order valence-corrected chi connectivity index (χ0v) is 19.0. The van der Waals surface area contributed by atoms with E-state index in [9.17, 15) is 4.79 Å². The Balaban J connectivity index is 1.38. The van der Waals surface area contributed by atoms with Crippen LogP contribution in [-0.2, 0) is 17.6 Å². The van der Waals surface area contributed by atoms with E-state index in [1.807, 2.05) is 60.4 Å². The Hall–Kier alpha value is -3.64. The first-order chi connectivity index (χ1) is 16.2. The third kappa shape index (κ3) is 3.38. The van der Waals surface area contributed by atoms with E-state index in [0.29, 0.717) is 0 Å². The predicted octanol–water partition coefficient (Wildman–Crippen LogP) is 5.75. The number of thioether (sulfide) groups is 1. The second-order valence-corrected chi connectivity index (χ2v) is 9.25. The molecule has 0 spiro atoms. The number of amides is 1. The molecule has 0 saturated heterocycles. The lowest BCUT2D eigenvalue weighted by molar-refractivity contribution is -0.115. The lowest BCUT2D eigenvalue weighted by Crippen LogP contribution is -2.28. The molecule has 5 nitrogen and oxygen atoms in total. The molecule has 1 aliphatic heterocycles. The van der Waals surface area contributed by atoms with Gasteiger partial charge in [-0.25, -0.2) is 0 Å². The highest BCUT2D eigenvalue weighted by atomic mass is 32.2. The monoisotopic (exact) mass is 450 g/mol. The van der Waals surface area contributed by atoms with Gasteiger partial charge in [0.05, 0.1) is 22.6 Å². The normalized spacial score (nSPS) is 13.1. The maximum atomic E-state index is 13.7. The molecule has 0 bridgehead atoms. The van der Waals surface area contributed by atoms with Gasteiger partial charge in [-0.2, -0.15) is 0 Å². The van der Waals surface area contributed by atoms with Crippen LogP contribution >= 0.6 is 11.8 Å². The number of benzene rings is 3. The van der Waals surface area contributed by atoms with E-state index in [0.717, 1.165) is 51.5 Å². The van der Waals surface area contributed by atoms with Crippen molar-refractivity contribution in [2.75, 3.05) is 10.7 Å². The number of aromatic nitrogens is 3. The highest BCUT2D eigenvalue weighted by Gasteiger charge is 2.26. The summed E-state index contributed by atoms with van der Waals surface area (Å²) in [5, 5.41) is 10.7. The Bertz CT molecular complexity index is 1480. The molecule has 0 saturated carbocycles. The van der Waals surface area contributed by atoms with Crippen molar-refractivity contribution in [3.05, 3.63) is 95.6 Å². The number of carbonyl (C=O) groups is 1. The van der Waals surface area contributed by atoms with Crippen molar-refractivity contribution in [3.8, 4) is 0 Å². The molecule has 0 fully saturated rings. The molecular formula is C27H22N4OS. The van der Waals surface area contributed by atoms with E-state index >= 15 is 0 Å². The summed E-state index contributed by atoms with van der Waals surface area (Å²) in [6, 6.07) is 26.8. The number of hydrogen-bond acceptors (Lipinski definition) is 4. The summed E-state index contributed by atoms with van der Waals surface area (Å²) in [6.45, 7) is 2.04. The average Bonchev–Trinajstić information content (AvgIpc) is 3.20. The van der Waals surface area contributed by atoms with Crippen LogP contribution in [0.25, 0.3) is 16.6 Å². The van der Waals surface area contributed by atoms with Crippen LogP contribution in [0.3, 0.4) is 0 Å². The van der Waals surface area contributed by atoms with Gasteiger partial charge < -0.3 is 0 Å². The van der Waals surface area contributed by atoms with Crippen molar-refractivity contribution in [1.29, 1.82) is 0 Å². The predicted molar refractivity (Wildman–Crippen MR) is 133 cm³/mol. The Morgan fingerprint density at radius 3 is 2.24 bits per heavy atom. The van der Waals surface area contributed by atoms with E-state index in [1.165, 1.54) is 22.9 Å². The van der Waals surface area contributed by atoms with Crippen molar-refractivity contribution >= 4 is 45.6 Å². The molecule has 0 unspecified atom stereocenters. The SMILES string of the molecule is Cc1cc2ccccc2n2c(SCC(=O)N3c4ccccc4CCc4ccccc43)nnc12. The molecule has 3 heterocycles. The zero-order valence-electron chi connectivity index (χ0n) is 18.2. The topological polar surface area (TPSA) is 50.5 Å². The first-order valence-corrected chi connectivity index (χ1v) is 12.0. The first kappa shape index (κ1) is 20.0. The summed E-state index contributed by atoms with van der Waals surface area (Å²) >= 11 is 1.44. The molecule has 0 aliphatic carbocycles. The molecule has 6 rings (SSSR count). The number of rotatable bonds is 3. The van der Waals surface area contributed by atoms with Crippen molar-refractivity contribution in [3.63, 3.8) is 0 Å². The smallest absolute Gasteiger partial charge is 0.242 e. The molecule has 3 aromatic carbocycles. The highest BCUT2D eigenvalue weighted by molar-refractivity contribution is 7.99. The fourth-order valence-corrected chi connectivity index (χ4v) is 5.48. The number of aryl methyl sites for hydroxylation is 3. The molecule has 2 aromatic heterocycles. The molecular weight excluding hydrogens is 428 g/mol. The number of carbonyl (C=O) groups excluding carboxylic acids is 1. The minimum absolute atomic E-state index is 0.0375. The summed E-state index contributed by atoms with van der Waals surface area (Å²) < 4.78 is 2.06. The minimum Gasteiger partial charge on any atom is -0.280 e. The number of anilines is 2. The van der Waals surface area contributed by atoms with Crippen molar-refractivity contribution < 1.29 is 4.79 Å². The Kier molecular flexibility index (Phi) is 4.88. The van der Waals surface area contributed by atoms with Crippen LogP contribution in [0.15, 0.2) is 84.0 Å². The number of fused-ring (bicyclic) bond motifs is 5. The van der Waals surface area contributed by atoms with E-state index in [2.05, 4.69) is 44.9 Å². The summed E-state index contributed by atoms with van der Waals surface area (Å²) in [7, 11) is 0. The average molecular weight is 451 g/mol. The third-order valence-electron chi connectivity index (χ3n) is 6.24. The van der Waals surface area contributed by atoms with E-state index in [-0.39, 0.29) is 11.7 Å². The fourth-order valence-electron chi connectivity index (χ4n) is 4.69. The lowest BCUT2D eigenvalue weighted by Gasteiger charge is -2.24. The molecule has 5 aromatic rings. The summed E-state index contributed by atoms with van der Waals surface area (Å²) in [6.07, 6.45) is 1.84. The van der Waals surface area contributed by atoms with Gasteiger partial charge in [0.2, 0.25) is 5.91 Å². The quantitative estimate of drug-likeness (QED) is 0.329. The molecule has 0 N–H and O–H groups in total. The Labute approximate surface area is 196 Å². The maximum absolute atomic E-state index is 13.7. The van der Waals surface area contributed by atoms with Crippen LogP contribution in [-0.4, -0.2) is 26.3 Å². The number of pyridine rings is 1. The van der Waals surface area contributed by atoms with Gasteiger partial charge in [0.1, 0.15) is 0 Å². The van der Waals surface area contributed by atoms with Gasteiger partial charge in [-0.05, 0) is 66.1 Å². The van der Waals surface area contributed by atoms with E-state index < -0.39 is 0 Å². The van der Waals surface area contributed by atoms with Gasteiger partial charge in [0, 0.05) is 0 Å².